The zero-order valence-corrected chi connectivity index (χ0v) is 37.1. The summed E-state index contributed by atoms with van der Waals surface area (Å²) in [6.07, 6.45) is 18.2. The van der Waals surface area contributed by atoms with Crippen LogP contribution in [0, 0.1) is 73.9 Å². The molecule has 9 rings (SSSR count). The number of hydrogen-bond donors (Lipinski definition) is 2. The van der Waals surface area contributed by atoms with Gasteiger partial charge in [0.25, 0.3) is 0 Å². The molecule has 9 nitrogen and oxygen atoms in total. The lowest BCUT2D eigenvalue weighted by atomic mass is 9.32. The number of nitrogens with one attached hydrogen (secondary N) is 1. The maximum Gasteiger partial charge on any atom is 0.309 e. The third-order valence-corrected chi connectivity index (χ3v) is 20.0. The molecule has 7 fully saturated rings. The molecule has 13 atom stereocenters. The standard InChI is InChI=1S/C50H70N4O5/c1-29(2)31-14-21-50(44(58)54-26-10-11-36(54)41-52-28-35(53-41)30-17-24-51-25-18-30)23-22-48(8)32(40(31)50)12-13-38-47(7)19-16-39(46(5,6)37(47)15-20-49(38,48)9)59-43(57)34-27-33(42(55)56)45(34,3)4/h17-18,24-25,28,31-34,36-40H,1,10-16,19-23,26-27H2,2-9H3,(H,52,53)(H,55,56)/t31-,32+,33-,34+,36+,37-,38+,39-,40+,47-,48+,49+,50-/m0/s1. The van der Waals surface area contributed by atoms with Crippen molar-refractivity contribution in [2.45, 2.75) is 151 Å². The molecule has 0 unspecified atom stereocenters. The molecule has 1 amide bonds. The number of likely N-dealkylation sites (tertiary alicyclic amines) is 1. The molecule has 0 radical (unpaired) electrons. The van der Waals surface area contributed by atoms with Crippen molar-refractivity contribution in [3.05, 3.63) is 48.7 Å². The maximum atomic E-state index is 15.5. The van der Waals surface area contributed by atoms with Crippen molar-refractivity contribution in [3.8, 4) is 11.3 Å². The van der Waals surface area contributed by atoms with E-state index in [-0.39, 0.29) is 51.1 Å². The van der Waals surface area contributed by atoms with Gasteiger partial charge in [0.2, 0.25) is 5.91 Å². The molecule has 320 valence electrons. The molecule has 2 aromatic rings. The summed E-state index contributed by atoms with van der Waals surface area (Å²) in [6, 6.07) is 3.96. The number of fused-ring (bicyclic) bond motifs is 7. The number of imidazole rings is 1. The van der Waals surface area contributed by atoms with E-state index in [0.29, 0.717) is 41.9 Å². The first-order chi connectivity index (χ1) is 27.8. The van der Waals surface area contributed by atoms with Gasteiger partial charge < -0.3 is 19.7 Å². The van der Waals surface area contributed by atoms with Gasteiger partial charge in [-0.1, -0.05) is 60.6 Å². The minimum Gasteiger partial charge on any atom is -0.481 e. The van der Waals surface area contributed by atoms with Gasteiger partial charge in [-0.05, 0) is 154 Å². The highest BCUT2D eigenvalue weighted by molar-refractivity contribution is 5.85. The monoisotopic (exact) mass is 807 g/mol. The summed E-state index contributed by atoms with van der Waals surface area (Å²) in [5, 5.41) is 9.70. The van der Waals surface area contributed by atoms with Crippen LogP contribution in [-0.2, 0) is 19.1 Å². The molecule has 1 saturated heterocycles. The molecular formula is C50H70N4O5. The first-order valence-corrected chi connectivity index (χ1v) is 23.2. The highest BCUT2D eigenvalue weighted by atomic mass is 16.5. The van der Waals surface area contributed by atoms with Gasteiger partial charge in [0.15, 0.2) is 0 Å². The number of carboxylic acid groups (broad SMARTS) is 1. The number of nitrogens with zero attached hydrogens (tertiary/aromatic N) is 3. The minimum absolute atomic E-state index is 0.0339. The van der Waals surface area contributed by atoms with Crippen LogP contribution in [0.1, 0.15) is 151 Å². The van der Waals surface area contributed by atoms with Crippen LogP contribution in [0.4, 0.5) is 0 Å². The van der Waals surface area contributed by atoms with Crippen LogP contribution in [-0.4, -0.2) is 55.5 Å². The van der Waals surface area contributed by atoms with E-state index in [1.807, 2.05) is 32.2 Å². The number of carbonyl (C=O) groups excluding carboxylic acids is 2. The van der Waals surface area contributed by atoms with Crippen LogP contribution in [0.15, 0.2) is 42.9 Å². The van der Waals surface area contributed by atoms with Crippen LogP contribution in [0.2, 0.25) is 0 Å². The molecule has 0 spiro atoms. The molecule has 6 saturated carbocycles. The van der Waals surface area contributed by atoms with E-state index >= 15 is 4.79 Å². The predicted octanol–water partition coefficient (Wildman–Crippen LogP) is 10.5. The van der Waals surface area contributed by atoms with Crippen LogP contribution in [0.5, 0.6) is 0 Å². The number of rotatable bonds is 7. The van der Waals surface area contributed by atoms with E-state index < -0.39 is 17.3 Å². The molecular weight excluding hydrogens is 737 g/mol. The Morgan fingerprint density at radius 1 is 0.847 bits per heavy atom. The van der Waals surface area contributed by atoms with E-state index in [0.717, 1.165) is 94.3 Å². The Balaban J connectivity index is 0.968. The normalized spacial score (nSPS) is 43.0. The average Bonchev–Trinajstić information content (AvgIpc) is 3.95. The summed E-state index contributed by atoms with van der Waals surface area (Å²) in [5.74, 6) is 1.47. The van der Waals surface area contributed by atoms with Crippen molar-refractivity contribution >= 4 is 17.8 Å². The fraction of sp³-hybridized carbons (Fsp3) is 0.740. The lowest BCUT2D eigenvalue weighted by molar-refractivity contribution is -0.251. The molecule has 7 aliphatic rings. The number of aromatic nitrogens is 3. The summed E-state index contributed by atoms with van der Waals surface area (Å²) in [6.45, 7) is 24.0. The zero-order chi connectivity index (χ0) is 42.1. The van der Waals surface area contributed by atoms with Gasteiger partial charge in [0.1, 0.15) is 11.9 Å². The highest BCUT2D eigenvalue weighted by Gasteiger charge is 2.72. The fourth-order valence-corrected chi connectivity index (χ4v) is 16.4. The van der Waals surface area contributed by atoms with Gasteiger partial charge in [-0.3, -0.25) is 19.4 Å². The lowest BCUT2D eigenvalue weighted by Crippen LogP contribution is -2.67. The number of aromatic amines is 1. The second-order valence-corrected chi connectivity index (χ2v) is 22.7. The Labute approximate surface area is 352 Å². The molecule has 2 aromatic heterocycles. The number of carboxylic acids is 1. The lowest BCUT2D eigenvalue weighted by Gasteiger charge is -2.73. The number of pyridine rings is 1. The Bertz CT molecular complexity index is 2020. The number of amides is 1. The summed E-state index contributed by atoms with van der Waals surface area (Å²) in [5.41, 5.74) is 2.47. The van der Waals surface area contributed by atoms with E-state index in [1.165, 1.54) is 12.0 Å². The SMILES string of the molecule is C=C(C)[C@@H]1CC[C@]2(C(=O)N3CCC[C@@H]3c3ncc(-c4ccncc4)[nH]3)CC[C@]3(C)[C@H](CC[C@@H]4[C@@]5(C)CC[C@H](OC(=O)[C@H]6C[C@@H](C(=O)O)C6(C)C)C(C)(C)[C@@H]5CC[C@]43C)[C@@H]12. The first-order valence-electron chi connectivity index (χ1n) is 23.2. The Kier molecular flexibility index (Phi) is 9.54. The second-order valence-electron chi connectivity index (χ2n) is 22.7. The van der Waals surface area contributed by atoms with Crippen LogP contribution in [0.3, 0.4) is 0 Å². The quantitative estimate of drug-likeness (QED) is 0.211. The fourth-order valence-electron chi connectivity index (χ4n) is 16.4. The van der Waals surface area contributed by atoms with Crippen molar-refractivity contribution in [2.75, 3.05) is 6.54 Å². The van der Waals surface area contributed by atoms with Gasteiger partial charge in [0, 0.05) is 29.9 Å². The molecule has 59 heavy (non-hydrogen) atoms. The van der Waals surface area contributed by atoms with E-state index in [2.05, 4.69) is 63.0 Å². The largest absolute Gasteiger partial charge is 0.481 e. The Hall–Kier alpha value is -3.49. The predicted molar refractivity (Wildman–Crippen MR) is 227 cm³/mol. The smallest absolute Gasteiger partial charge is 0.309 e. The van der Waals surface area contributed by atoms with Crippen molar-refractivity contribution < 1.29 is 24.2 Å². The molecule has 3 heterocycles. The average molecular weight is 807 g/mol. The number of esters is 1. The second kappa shape index (κ2) is 13.8. The van der Waals surface area contributed by atoms with Crippen LogP contribution >= 0.6 is 0 Å². The van der Waals surface area contributed by atoms with Crippen molar-refractivity contribution in [2.24, 2.45) is 73.9 Å². The number of H-pyrrole nitrogens is 1. The van der Waals surface area contributed by atoms with Gasteiger partial charge in [-0.2, -0.15) is 0 Å². The topological polar surface area (TPSA) is 125 Å². The van der Waals surface area contributed by atoms with Crippen molar-refractivity contribution in [1.82, 2.24) is 19.9 Å². The number of carbonyl (C=O) groups is 3. The summed E-state index contributed by atoms with van der Waals surface area (Å²) in [7, 11) is 0. The maximum absolute atomic E-state index is 15.5. The third kappa shape index (κ3) is 5.69. The van der Waals surface area contributed by atoms with Crippen molar-refractivity contribution in [3.63, 3.8) is 0 Å². The number of hydrogen-bond acceptors (Lipinski definition) is 6. The third-order valence-electron chi connectivity index (χ3n) is 20.0. The summed E-state index contributed by atoms with van der Waals surface area (Å²) >= 11 is 0. The van der Waals surface area contributed by atoms with Gasteiger partial charge in [0.05, 0.1) is 35.2 Å². The van der Waals surface area contributed by atoms with Crippen LogP contribution < -0.4 is 0 Å². The van der Waals surface area contributed by atoms with Crippen LogP contribution in [0.25, 0.3) is 11.3 Å². The summed E-state index contributed by atoms with van der Waals surface area (Å²) < 4.78 is 6.47. The van der Waals surface area contributed by atoms with E-state index in [9.17, 15) is 14.7 Å². The number of ether oxygens (including phenoxy) is 1. The highest BCUT2D eigenvalue weighted by Crippen LogP contribution is 2.78. The van der Waals surface area contributed by atoms with Gasteiger partial charge >= 0.3 is 11.9 Å². The number of aliphatic carboxylic acids is 1. The molecule has 2 N–H and O–H groups in total. The van der Waals surface area contributed by atoms with E-state index in [4.69, 9.17) is 9.72 Å². The molecule has 0 aromatic carbocycles. The zero-order valence-electron chi connectivity index (χ0n) is 37.1. The minimum atomic E-state index is -0.818. The number of allylic oxidation sites excluding steroid dienone is 1. The van der Waals surface area contributed by atoms with Crippen molar-refractivity contribution in [1.29, 1.82) is 0 Å². The summed E-state index contributed by atoms with van der Waals surface area (Å²) in [4.78, 5) is 55.9. The molecule has 1 aliphatic heterocycles. The molecule has 6 aliphatic carbocycles. The first kappa shape index (κ1) is 40.9. The Morgan fingerprint density at radius 2 is 1.59 bits per heavy atom. The molecule has 0 bridgehead atoms. The molecule has 9 heteroatoms. The van der Waals surface area contributed by atoms with E-state index in [1.54, 1.807) is 12.4 Å². The van der Waals surface area contributed by atoms with Gasteiger partial charge in [-0.25, -0.2) is 4.98 Å². The Morgan fingerprint density at radius 3 is 2.29 bits per heavy atom. The van der Waals surface area contributed by atoms with Gasteiger partial charge in [-0.15, -0.1) is 0 Å².